The van der Waals surface area contributed by atoms with Crippen molar-refractivity contribution in [2.75, 3.05) is 0 Å². The van der Waals surface area contributed by atoms with Gasteiger partial charge in [-0.15, -0.1) is 0 Å². The van der Waals surface area contributed by atoms with Crippen LogP contribution < -0.4 is 0 Å². The number of hydrogen-bond acceptors (Lipinski definition) is 1. The van der Waals surface area contributed by atoms with Crippen molar-refractivity contribution < 1.29 is 4.39 Å². The Morgan fingerprint density at radius 3 is 2.17 bits per heavy atom. The maximum atomic E-state index is 14.6. The Bertz CT molecular complexity index is 2300. The lowest BCUT2D eigenvalue weighted by molar-refractivity contribution is 0.633. The number of fused-ring (bicyclic) bond motifs is 6. The zero-order valence-corrected chi connectivity index (χ0v) is 26.1. The molecule has 1 aliphatic rings. The molecule has 0 spiro atoms. The van der Waals surface area contributed by atoms with Crippen molar-refractivity contribution in [2.24, 2.45) is 4.99 Å². The zero-order valence-electron chi connectivity index (χ0n) is 26.1. The van der Waals surface area contributed by atoms with E-state index in [2.05, 4.69) is 130 Å². The molecule has 1 aliphatic carbocycles. The van der Waals surface area contributed by atoms with Crippen molar-refractivity contribution in [2.45, 2.75) is 12.8 Å². The summed E-state index contributed by atoms with van der Waals surface area (Å²) in [5.41, 5.74) is 9.05. The first-order chi connectivity index (χ1) is 23.2. The van der Waals surface area contributed by atoms with Crippen LogP contribution >= 0.6 is 0 Å². The van der Waals surface area contributed by atoms with Gasteiger partial charge >= 0.3 is 0 Å². The highest BCUT2D eigenvalue weighted by molar-refractivity contribution is 6.14. The van der Waals surface area contributed by atoms with Crippen LogP contribution in [0.3, 0.4) is 0 Å². The van der Waals surface area contributed by atoms with Crippen molar-refractivity contribution in [1.29, 1.82) is 0 Å². The number of halogens is 1. The Labute approximate surface area is 274 Å². The first kappa shape index (κ1) is 29.7. The van der Waals surface area contributed by atoms with E-state index in [1.165, 1.54) is 16.6 Å². The van der Waals surface area contributed by atoms with E-state index < -0.39 is 5.95 Å². The number of allylic oxidation sites excluding steroid dienone is 10. The summed E-state index contributed by atoms with van der Waals surface area (Å²) >= 11 is 0. The Hall–Kier alpha value is -6.00. The van der Waals surface area contributed by atoms with Gasteiger partial charge in [0.15, 0.2) is 0 Å². The zero-order chi connectivity index (χ0) is 32.2. The smallest absolute Gasteiger partial charge is 0.206 e. The number of hydrogen-bond donors (Lipinski definition) is 0. The number of benzene rings is 4. The molecule has 2 heterocycles. The number of aliphatic imine (C=N–C) groups is 1. The molecule has 4 heteroatoms. The predicted octanol–water partition coefficient (Wildman–Crippen LogP) is 11.3. The number of para-hydroxylation sites is 4. The van der Waals surface area contributed by atoms with Gasteiger partial charge in [-0.1, -0.05) is 128 Å². The SMILES string of the molecule is C=C/C=C\C=C(/C/C=C/C(=N\C(=C)F)c1ccccc1-n1c2ccccc2c2ccccc21)n1c2c(c3ccccc31)C=CC=CC2. The van der Waals surface area contributed by atoms with Crippen LogP contribution in [0, 0.1) is 0 Å². The molecule has 4 aromatic carbocycles. The first-order valence-electron chi connectivity index (χ1n) is 15.8. The first-order valence-corrected chi connectivity index (χ1v) is 15.8. The summed E-state index contributed by atoms with van der Waals surface area (Å²) in [6.07, 6.45) is 21.8. The van der Waals surface area contributed by atoms with Crippen molar-refractivity contribution >= 4 is 50.2 Å². The summed E-state index contributed by atoms with van der Waals surface area (Å²) in [5, 5.41) is 3.53. The van der Waals surface area contributed by atoms with Crippen LogP contribution in [-0.2, 0) is 6.42 Å². The molecular formula is C43H34FN3. The van der Waals surface area contributed by atoms with Crippen LogP contribution in [0.4, 0.5) is 4.39 Å². The summed E-state index contributed by atoms with van der Waals surface area (Å²) in [5.74, 6) is -0.744. The van der Waals surface area contributed by atoms with Crippen LogP contribution in [0.5, 0.6) is 0 Å². The van der Waals surface area contributed by atoms with Crippen LogP contribution in [0.15, 0.2) is 176 Å². The number of aromatic nitrogens is 2. The molecule has 2 aromatic heterocycles. The van der Waals surface area contributed by atoms with E-state index in [0.29, 0.717) is 12.1 Å². The Kier molecular flexibility index (Phi) is 8.31. The Morgan fingerprint density at radius 2 is 1.45 bits per heavy atom. The summed E-state index contributed by atoms with van der Waals surface area (Å²) in [7, 11) is 0. The topological polar surface area (TPSA) is 22.2 Å². The minimum Gasteiger partial charge on any atom is -0.316 e. The molecule has 0 radical (unpaired) electrons. The molecule has 0 N–H and O–H groups in total. The lowest BCUT2D eigenvalue weighted by Crippen LogP contribution is -2.06. The van der Waals surface area contributed by atoms with Crippen molar-refractivity contribution in [3.05, 3.63) is 188 Å². The minimum absolute atomic E-state index is 0.498. The molecule has 228 valence electrons. The van der Waals surface area contributed by atoms with E-state index in [1.54, 1.807) is 6.08 Å². The van der Waals surface area contributed by atoms with Gasteiger partial charge in [0.25, 0.3) is 0 Å². The monoisotopic (exact) mass is 611 g/mol. The molecule has 0 saturated carbocycles. The number of nitrogens with zero attached hydrogens (tertiary/aromatic N) is 3. The maximum absolute atomic E-state index is 14.6. The second-order valence-corrected chi connectivity index (χ2v) is 11.3. The van der Waals surface area contributed by atoms with Crippen LogP contribution in [-0.4, -0.2) is 14.8 Å². The minimum atomic E-state index is -0.744. The standard InChI is InChI=1S/C43H34FN3/c1-3-4-6-18-32(46-39-26-8-5-7-20-33(39)34-21-9-13-27-40(34)46)19-17-25-38(45-31(2)44)37-24-12-16-30-43(37)47-41-28-14-10-22-35(41)36-23-11-15-29-42(36)47/h3-18,20-25,27-30H,1-2,19,26H2/b6-4-,25-17+,32-18+,45-38+. The second-order valence-electron chi connectivity index (χ2n) is 11.3. The molecule has 0 amide bonds. The second kappa shape index (κ2) is 13.2. The van der Waals surface area contributed by atoms with Crippen molar-refractivity contribution in [1.82, 2.24) is 9.13 Å². The van der Waals surface area contributed by atoms with Crippen LogP contribution in [0.1, 0.15) is 23.2 Å². The average molecular weight is 612 g/mol. The van der Waals surface area contributed by atoms with Gasteiger partial charge in [0.1, 0.15) is 0 Å². The van der Waals surface area contributed by atoms with Gasteiger partial charge in [0, 0.05) is 51.5 Å². The third-order valence-electron chi connectivity index (χ3n) is 8.51. The molecule has 0 atom stereocenters. The third-order valence-corrected chi connectivity index (χ3v) is 8.51. The highest BCUT2D eigenvalue weighted by atomic mass is 19.1. The van der Waals surface area contributed by atoms with Gasteiger partial charge in [-0.2, -0.15) is 4.39 Å². The fraction of sp³-hybridized carbons (Fsp3) is 0.0465. The summed E-state index contributed by atoms with van der Waals surface area (Å²) < 4.78 is 19.1. The summed E-state index contributed by atoms with van der Waals surface area (Å²) in [4.78, 5) is 4.33. The van der Waals surface area contributed by atoms with E-state index in [1.807, 2.05) is 48.6 Å². The van der Waals surface area contributed by atoms with Gasteiger partial charge in [-0.05, 0) is 43.0 Å². The van der Waals surface area contributed by atoms with Crippen LogP contribution in [0.2, 0.25) is 0 Å². The molecular weight excluding hydrogens is 577 g/mol. The van der Waals surface area contributed by atoms with E-state index in [4.69, 9.17) is 0 Å². The third kappa shape index (κ3) is 5.66. The van der Waals surface area contributed by atoms with E-state index >= 15 is 0 Å². The summed E-state index contributed by atoms with van der Waals surface area (Å²) in [6.45, 7) is 7.35. The van der Waals surface area contributed by atoms with Crippen molar-refractivity contribution in [3.63, 3.8) is 0 Å². The van der Waals surface area contributed by atoms with E-state index in [9.17, 15) is 4.39 Å². The Balaban J connectivity index is 1.34. The van der Waals surface area contributed by atoms with E-state index in [0.717, 1.165) is 50.7 Å². The highest BCUT2D eigenvalue weighted by Gasteiger charge is 2.18. The van der Waals surface area contributed by atoms with Gasteiger partial charge in [0.05, 0.1) is 27.9 Å². The Morgan fingerprint density at radius 1 is 0.787 bits per heavy atom. The molecule has 7 rings (SSSR count). The lowest BCUT2D eigenvalue weighted by Gasteiger charge is -2.15. The molecule has 0 aliphatic heterocycles. The molecule has 3 nitrogen and oxygen atoms in total. The molecule has 0 fully saturated rings. The molecule has 0 bridgehead atoms. The average Bonchev–Trinajstić information content (AvgIpc) is 3.47. The van der Waals surface area contributed by atoms with Gasteiger partial charge in [-0.3, -0.25) is 0 Å². The van der Waals surface area contributed by atoms with E-state index in [-0.39, 0.29) is 0 Å². The summed E-state index contributed by atoms with van der Waals surface area (Å²) in [6, 6.07) is 33.3. The molecule has 47 heavy (non-hydrogen) atoms. The normalized spacial score (nSPS) is 13.7. The van der Waals surface area contributed by atoms with Crippen LogP contribution in [0.25, 0.3) is 50.2 Å². The molecule has 0 saturated heterocycles. The lowest BCUT2D eigenvalue weighted by atomic mass is 10.1. The largest absolute Gasteiger partial charge is 0.316 e. The molecule has 6 aromatic rings. The highest BCUT2D eigenvalue weighted by Crippen LogP contribution is 2.35. The quantitative estimate of drug-likeness (QED) is 0.0882. The number of rotatable bonds is 9. The fourth-order valence-electron chi connectivity index (χ4n) is 6.60. The van der Waals surface area contributed by atoms with Crippen molar-refractivity contribution in [3.8, 4) is 5.69 Å². The van der Waals surface area contributed by atoms with Gasteiger partial charge in [0.2, 0.25) is 5.95 Å². The van der Waals surface area contributed by atoms with Gasteiger partial charge in [-0.25, -0.2) is 4.99 Å². The maximum Gasteiger partial charge on any atom is 0.206 e. The molecule has 0 unspecified atom stereocenters. The predicted molar refractivity (Wildman–Crippen MR) is 199 cm³/mol. The fourth-order valence-corrected chi connectivity index (χ4v) is 6.60. The van der Waals surface area contributed by atoms with Gasteiger partial charge < -0.3 is 9.13 Å².